The van der Waals surface area contributed by atoms with E-state index in [4.69, 9.17) is 11.6 Å². The van der Waals surface area contributed by atoms with Gasteiger partial charge in [-0.3, -0.25) is 9.67 Å². The first-order valence-corrected chi connectivity index (χ1v) is 8.81. The molecule has 0 bridgehead atoms. The van der Waals surface area contributed by atoms with Crippen LogP contribution in [0.1, 0.15) is 24.5 Å². The van der Waals surface area contributed by atoms with E-state index in [0.717, 1.165) is 55.6 Å². The quantitative estimate of drug-likeness (QED) is 0.438. The smallest absolute Gasteiger partial charge is 0.191 e. The molecule has 130 valence electrons. The van der Waals surface area contributed by atoms with Gasteiger partial charge in [0.1, 0.15) is 0 Å². The fourth-order valence-corrected chi connectivity index (χ4v) is 2.60. The van der Waals surface area contributed by atoms with E-state index in [9.17, 15) is 0 Å². The van der Waals surface area contributed by atoms with Crippen LogP contribution in [0, 0.1) is 6.92 Å². The van der Waals surface area contributed by atoms with Gasteiger partial charge in [-0.2, -0.15) is 5.10 Å². The molecule has 0 aliphatic carbocycles. The SMILES string of the molecule is CCNC(=NCCCn1cc(C)cn1)NCCc1ccccc1Cl. The molecule has 2 N–H and O–H groups in total. The molecule has 2 rings (SSSR count). The Morgan fingerprint density at radius 1 is 1.29 bits per heavy atom. The second kappa shape index (κ2) is 9.98. The van der Waals surface area contributed by atoms with E-state index in [2.05, 4.69) is 39.9 Å². The third-order valence-corrected chi connectivity index (χ3v) is 3.94. The summed E-state index contributed by atoms with van der Waals surface area (Å²) < 4.78 is 1.96. The summed E-state index contributed by atoms with van der Waals surface area (Å²) in [6, 6.07) is 7.94. The molecule has 0 atom stereocenters. The van der Waals surface area contributed by atoms with Gasteiger partial charge in [0.25, 0.3) is 0 Å². The monoisotopic (exact) mass is 347 g/mol. The van der Waals surface area contributed by atoms with E-state index in [0.29, 0.717) is 0 Å². The summed E-state index contributed by atoms with van der Waals surface area (Å²) in [7, 11) is 0. The first kappa shape index (κ1) is 18.3. The highest BCUT2D eigenvalue weighted by atomic mass is 35.5. The minimum Gasteiger partial charge on any atom is -0.357 e. The number of halogens is 1. The summed E-state index contributed by atoms with van der Waals surface area (Å²) in [6.07, 6.45) is 5.76. The van der Waals surface area contributed by atoms with Gasteiger partial charge in [0.2, 0.25) is 0 Å². The van der Waals surface area contributed by atoms with Gasteiger partial charge in [-0.1, -0.05) is 29.8 Å². The average molecular weight is 348 g/mol. The van der Waals surface area contributed by atoms with Crippen molar-refractivity contribution in [2.24, 2.45) is 4.99 Å². The highest BCUT2D eigenvalue weighted by Crippen LogP contribution is 2.14. The van der Waals surface area contributed by atoms with Crippen LogP contribution in [0.3, 0.4) is 0 Å². The van der Waals surface area contributed by atoms with Gasteiger partial charge >= 0.3 is 0 Å². The number of rotatable bonds is 8. The lowest BCUT2D eigenvalue weighted by Crippen LogP contribution is -2.38. The van der Waals surface area contributed by atoms with Crippen LogP contribution in [-0.4, -0.2) is 35.4 Å². The van der Waals surface area contributed by atoms with Gasteiger partial charge in [0.15, 0.2) is 5.96 Å². The molecule has 0 aliphatic heterocycles. The molecule has 1 aromatic heterocycles. The molecular weight excluding hydrogens is 322 g/mol. The van der Waals surface area contributed by atoms with Crippen LogP contribution >= 0.6 is 11.6 Å². The molecule has 0 saturated carbocycles. The van der Waals surface area contributed by atoms with E-state index in [1.807, 2.05) is 36.0 Å². The molecule has 2 aromatic rings. The molecule has 6 heteroatoms. The number of benzene rings is 1. The second-order valence-electron chi connectivity index (χ2n) is 5.66. The van der Waals surface area contributed by atoms with E-state index >= 15 is 0 Å². The summed E-state index contributed by atoms with van der Waals surface area (Å²) in [6.45, 7) is 7.41. The lowest BCUT2D eigenvalue weighted by molar-refractivity contribution is 0.583. The maximum atomic E-state index is 6.18. The molecule has 0 radical (unpaired) electrons. The summed E-state index contributed by atoms with van der Waals surface area (Å²) in [5.74, 6) is 0.848. The zero-order chi connectivity index (χ0) is 17.2. The van der Waals surface area contributed by atoms with Crippen LogP contribution in [0.25, 0.3) is 0 Å². The number of aromatic nitrogens is 2. The maximum absolute atomic E-state index is 6.18. The van der Waals surface area contributed by atoms with Crippen LogP contribution in [0.2, 0.25) is 5.02 Å². The Hall–Kier alpha value is -2.01. The molecule has 24 heavy (non-hydrogen) atoms. The van der Waals surface area contributed by atoms with Crippen molar-refractivity contribution >= 4 is 17.6 Å². The van der Waals surface area contributed by atoms with Crippen LogP contribution in [0.15, 0.2) is 41.7 Å². The standard InChI is InChI=1S/C18H26ClN5/c1-3-20-18(21-10-6-12-24-14-15(2)13-23-24)22-11-9-16-7-4-5-8-17(16)19/h4-5,7-8,13-14H,3,6,9-12H2,1-2H3,(H2,20,21,22). The maximum Gasteiger partial charge on any atom is 0.191 e. The molecule has 0 aliphatic rings. The Kier molecular flexibility index (Phi) is 7.62. The van der Waals surface area contributed by atoms with E-state index in [-0.39, 0.29) is 0 Å². The molecule has 0 unspecified atom stereocenters. The summed E-state index contributed by atoms with van der Waals surface area (Å²) in [5, 5.41) is 11.7. The second-order valence-corrected chi connectivity index (χ2v) is 6.07. The third kappa shape index (κ3) is 6.24. The summed E-state index contributed by atoms with van der Waals surface area (Å²) >= 11 is 6.18. The topological polar surface area (TPSA) is 54.2 Å². The summed E-state index contributed by atoms with van der Waals surface area (Å²) in [5.41, 5.74) is 2.34. The fraction of sp³-hybridized carbons (Fsp3) is 0.444. The van der Waals surface area contributed by atoms with Crippen LogP contribution in [-0.2, 0) is 13.0 Å². The molecular formula is C18H26ClN5. The van der Waals surface area contributed by atoms with E-state index in [1.165, 1.54) is 5.56 Å². The lowest BCUT2D eigenvalue weighted by Gasteiger charge is -2.12. The van der Waals surface area contributed by atoms with Gasteiger partial charge in [0.05, 0.1) is 6.20 Å². The van der Waals surface area contributed by atoms with E-state index in [1.54, 1.807) is 0 Å². The van der Waals surface area contributed by atoms with Crippen molar-refractivity contribution in [3.63, 3.8) is 0 Å². The zero-order valence-corrected chi connectivity index (χ0v) is 15.2. The van der Waals surface area contributed by atoms with Crippen molar-refractivity contribution in [2.75, 3.05) is 19.6 Å². The normalized spacial score (nSPS) is 11.5. The average Bonchev–Trinajstić information content (AvgIpc) is 2.98. The van der Waals surface area contributed by atoms with Crippen molar-refractivity contribution in [1.82, 2.24) is 20.4 Å². The van der Waals surface area contributed by atoms with Crippen molar-refractivity contribution in [3.8, 4) is 0 Å². The zero-order valence-electron chi connectivity index (χ0n) is 14.4. The number of nitrogens with zero attached hydrogens (tertiary/aromatic N) is 3. The molecule has 5 nitrogen and oxygen atoms in total. The van der Waals surface area contributed by atoms with Crippen molar-refractivity contribution in [2.45, 2.75) is 33.2 Å². The molecule has 1 heterocycles. The molecule has 0 fully saturated rings. The largest absolute Gasteiger partial charge is 0.357 e. The molecule has 1 aromatic carbocycles. The number of guanidine groups is 1. The Morgan fingerprint density at radius 2 is 2.12 bits per heavy atom. The minimum atomic E-state index is 0.764. The Morgan fingerprint density at radius 3 is 2.83 bits per heavy atom. The van der Waals surface area contributed by atoms with Gasteiger partial charge in [-0.25, -0.2) is 0 Å². The summed E-state index contributed by atoms with van der Waals surface area (Å²) in [4.78, 5) is 4.61. The third-order valence-electron chi connectivity index (χ3n) is 3.57. The van der Waals surface area contributed by atoms with Crippen molar-refractivity contribution < 1.29 is 0 Å². The van der Waals surface area contributed by atoms with Crippen molar-refractivity contribution in [3.05, 3.63) is 52.8 Å². The first-order chi connectivity index (χ1) is 11.7. The van der Waals surface area contributed by atoms with E-state index < -0.39 is 0 Å². The van der Waals surface area contributed by atoms with Crippen LogP contribution in [0.4, 0.5) is 0 Å². The van der Waals surface area contributed by atoms with Crippen LogP contribution < -0.4 is 10.6 Å². The highest BCUT2D eigenvalue weighted by molar-refractivity contribution is 6.31. The molecule has 0 saturated heterocycles. The lowest BCUT2D eigenvalue weighted by atomic mass is 10.1. The highest BCUT2D eigenvalue weighted by Gasteiger charge is 2.01. The molecule has 0 spiro atoms. The Labute approximate surface area is 149 Å². The predicted octanol–water partition coefficient (Wildman–Crippen LogP) is 3.03. The number of aliphatic imine (C=N–C) groups is 1. The van der Waals surface area contributed by atoms with Gasteiger partial charge in [-0.05, 0) is 43.9 Å². The fourth-order valence-electron chi connectivity index (χ4n) is 2.37. The predicted molar refractivity (Wildman–Crippen MR) is 101 cm³/mol. The Bertz CT molecular complexity index is 650. The Balaban J connectivity index is 1.74. The minimum absolute atomic E-state index is 0.764. The number of hydrogen-bond donors (Lipinski definition) is 2. The van der Waals surface area contributed by atoms with Gasteiger partial charge < -0.3 is 10.6 Å². The number of nitrogens with one attached hydrogen (secondary N) is 2. The van der Waals surface area contributed by atoms with Crippen molar-refractivity contribution in [1.29, 1.82) is 0 Å². The van der Waals surface area contributed by atoms with Crippen LogP contribution in [0.5, 0.6) is 0 Å². The molecule has 0 amide bonds. The number of hydrogen-bond acceptors (Lipinski definition) is 2. The first-order valence-electron chi connectivity index (χ1n) is 8.43. The number of aryl methyl sites for hydroxylation is 2. The van der Waals surface area contributed by atoms with Gasteiger partial charge in [0, 0.05) is 37.4 Å². The van der Waals surface area contributed by atoms with Gasteiger partial charge in [-0.15, -0.1) is 0 Å².